The lowest BCUT2D eigenvalue weighted by molar-refractivity contribution is -0.124. The van der Waals surface area contributed by atoms with Crippen molar-refractivity contribution in [3.63, 3.8) is 0 Å². The molecule has 31 heavy (non-hydrogen) atoms. The third-order valence-corrected chi connectivity index (χ3v) is 5.87. The monoisotopic (exact) mass is 421 g/mol. The Kier molecular flexibility index (Phi) is 6.49. The fourth-order valence-corrected chi connectivity index (χ4v) is 4.18. The third-order valence-electron chi connectivity index (χ3n) is 5.87. The molecule has 1 aliphatic carbocycles. The number of hydrogen-bond donors (Lipinski definition) is 3. The maximum atomic E-state index is 13.1. The molecule has 2 aromatic heterocycles. The quantitative estimate of drug-likeness (QED) is 0.513. The molecule has 0 radical (unpaired) electrons. The molecular formula is C22H27N7O2. The van der Waals surface area contributed by atoms with Gasteiger partial charge < -0.3 is 10.6 Å². The van der Waals surface area contributed by atoms with Gasteiger partial charge in [-0.1, -0.05) is 43.5 Å². The van der Waals surface area contributed by atoms with Crippen molar-refractivity contribution in [2.24, 2.45) is 0 Å². The van der Waals surface area contributed by atoms with Crippen molar-refractivity contribution in [3.8, 4) is 0 Å². The first-order valence-corrected chi connectivity index (χ1v) is 10.8. The van der Waals surface area contributed by atoms with E-state index in [1.807, 2.05) is 18.2 Å². The molecular weight excluding hydrogens is 394 g/mol. The van der Waals surface area contributed by atoms with Gasteiger partial charge in [0.1, 0.15) is 6.04 Å². The highest BCUT2D eigenvalue weighted by atomic mass is 16.2. The Hall–Kier alpha value is -3.36. The highest BCUT2D eigenvalue weighted by Gasteiger charge is 2.34. The lowest BCUT2D eigenvalue weighted by Gasteiger charge is -2.23. The van der Waals surface area contributed by atoms with Crippen LogP contribution in [-0.2, 0) is 4.79 Å². The predicted molar refractivity (Wildman–Crippen MR) is 115 cm³/mol. The smallest absolute Gasteiger partial charge is 0.252 e. The number of benzene rings is 1. The molecule has 3 aromatic rings. The lowest BCUT2D eigenvalue weighted by Crippen LogP contribution is -2.50. The van der Waals surface area contributed by atoms with Crippen LogP contribution in [0, 0.1) is 0 Å². The van der Waals surface area contributed by atoms with E-state index in [0.717, 1.165) is 43.0 Å². The minimum atomic E-state index is -0.599. The first-order chi connectivity index (χ1) is 15.2. The largest absolute Gasteiger partial charge is 0.351 e. The third kappa shape index (κ3) is 4.87. The second-order valence-electron chi connectivity index (χ2n) is 8.00. The molecule has 9 heteroatoms. The Morgan fingerprint density at radius 2 is 2.16 bits per heavy atom. The summed E-state index contributed by atoms with van der Waals surface area (Å²) >= 11 is 0. The van der Waals surface area contributed by atoms with Crippen LogP contribution in [-0.4, -0.2) is 49.5 Å². The van der Waals surface area contributed by atoms with Crippen LogP contribution in [0.1, 0.15) is 67.5 Å². The molecule has 2 heterocycles. The number of nitrogens with one attached hydrogen (secondary N) is 3. The summed E-state index contributed by atoms with van der Waals surface area (Å²) in [5.41, 5.74) is 1.24. The number of fused-ring (bicyclic) bond motifs is 1. The number of tetrazole rings is 1. The van der Waals surface area contributed by atoms with Crippen molar-refractivity contribution in [3.05, 3.63) is 47.9 Å². The minimum Gasteiger partial charge on any atom is -0.351 e. The second kappa shape index (κ2) is 9.63. The van der Waals surface area contributed by atoms with Crippen LogP contribution >= 0.6 is 0 Å². The van der Waals surface area contributed by atoms with Gasteiger partial charge in [0, 0.05) is 29.1 Å². The number of pyridine rings is 1. The predicted octanol–water partition coefficient (Wildman–Crippen LogP) is 2.49. The van der Waals surface area contributed by atoms with Gasteiger partial charge in [-0.15, -0.1) is 10.2 Å². The molecule has 4 rings (SSSR count). The van der Waals surface area contributed by atoms with Crippen LogP contribution in [0.4, 0.5) is 0 Å². The summed E-state index contributed by atoms with van der Waals surface area (Å²) in [7, 11) is 0. The summed E-state index contributed by atoms with van der Waals surface area (Å²) in [4.78, 5) is 30.3. The number of aromatic amines is 1. The summed E-state index contributed by atoms with van der Waals surface area (Å²) in [5.74, 6) is 0.225. The van der Waals surface area contributed by atoms with E-state index in [-0.39, 0.29) is 23.8 Å². The number of H-pyrrole nitrogens is 1. The standard InChI is InChI=1S/C22H27N7O2/c1-2-3-8-18(22(31)24-17-9-4-7-16(17)20-26-28-29-27-20)25-21(30)15-11-10-14-6-5-12-23-19(14)13-15/h5-6,10-13,16-18H,2-4,7-9H2,1H3,(H,24,31)(H,25,30)(H,26,27,28,29)/t16-,17+,18+/m1/s1. The van der Waals surface area contributed by atoms with Crippen molar-refractivity contribution >= 4 is 22.7 Å². The average Bonchev–Trinajstić information content (AvgIpc) is 3.48. The molecule has 0 aliphatic heterocycles. The topological polar surface area (TPSA) is 126 Å². The van der Waals surface area contributed by atoms with E-state index < -0.39 is 6.04 Å². The van der Waals surface area contributed by atoms with E-state index in [2.05, 4.69) is 43.2 Å². The van der Waals surface area contributed by atoms with Crippen LogP contribution < -0.4 is 10.6 Å². The SMILES string of the molecule is CCCC[C@H](NC(=O)c1ccc2cccnc2c1)C(=O)N[C@H]1CCC[C@H]1c1nn[nH]n1. The minimum absolute atomic E-state index is 0.0387. The summed E-state index contributed by atoms with van der Waals surface area (Å²) in [6.07, 6.45) is 6.81. The molecule has 0 bridgehead atoms. The van der Waals surface area contributed by atoms with Crippen molar-refractivity contribution in [2.75, 3.05) is 0 Å². The van der Waals surface area contributed by atoms with Crippen LogP contribution in [0.3, 0.4) is 0 Å². The molecule has 9 nitrogen and oxygen atoms in total. The van der Waals surface area contributed by atoms with E-state index in [1.165, 1.54) is 0 Å². The maximum absolute atomic E-state index is 13.1. The van der Waals surface area contributed by atoms with Crippen LogP contribution in [0.2, 0.25) is 0 Å². The molecule has 1 aliphatic rings. The van der Waals surface area contributed by atoms with Gasteiger partial charge in [0.15, 0.2) is 5.82 Å². The maximum Gasteiger partial charge on any atom is 0.252 e. The molecule has 3 atom stereocenters. The van der Waals surface area contributed by atoms with Crippen molar-refractivity contribution in [1.29, 1.82) is 0 Å². The summed E-state index contributed by atoms with van der Waals surface area (Å²) < 4.78 is 0. The molecule has 1 fully saturated rings. The van der Waals surface area contributed by atoms with Gasteiger partial charge in [0.05, 0.1) is 5.52 Å². The number of hydrogen-bond acceptors (Lipinski definition) is 6. The van der Waals surface area contributed by atoms with Crippen molar-refractivity contribution < 1.29 is 9.59 Å². The van der Waals surface area contributed by atoms with Crippen molar-refractivity contribution in [2.45, 2.75) is 63.5 Å². The molecule has 1 aromatic carbocycles. The van der Waals surface area contributed by atoms with E-state index in [9.17, 15) is 9.59 Å². The lowest BCUT2D eigenvalue weighted by atomic mass is 10.0. The molecule has 2 amide bonds. The number of carbonyl (C=O) groups is 2. The molecule has 1 saturated carbocycles. The molecule has 0 spiro atoms. The van der Waals surface area contributed by atoms with Gasteiger partial charge in [-0.25, -0.2) is 0 Å². The highest BCUT2D eigenvalue weighted by Crippen LogP contribution is 2.32. The van der Waals surface area contributed by atoms with Gasteiger partial charge in [-0.05, 0) is 37.5 Å². The van der Waals surface area contributed by atoms with Crippen molar-refractivity contribution in [1.82, 2.24) is 36.2 Å². The van der Waals surface area contributed by atoms with E-state index in [1.54, 1.807) is 18.3 Å². The molecule has 3 N–H and O–H groups in total. The average molecular weight is 422 g/mol. The zero-order valence-corrected chi connectivity index (χ0v) is 17.5. The van der Waals surface area contributed by atoms with Gasteiger partial charge in [-0.2, -0.15) is 5.21 Å². The first kappa shape index (κ1) is 20.9. The molecule has 0 unspecified atom stereocenters. The Morgan fingerprint density at radius 1 is 1.26 bits per heavy atom. The van der Waals surface area contributed by atoms with Gasteiger partial charge >= 0.3 is 0 Å². The van der Waals surface area contributed by atoms with E-state index in [4.69, 9.17) is 0 Å². The number of nitrogens with zero attached hydrogens (tertiary/aromatic N) is 4. The number of aromatic nitrogens is 5. The number of carbonyl (C=O) groups excluding carboxylic acids is 2. The van der Waals surface area contributed by atoms with Gasteiger partial charge in [0.25, 0.3) is 5.91 Å². The fourth-order valence-electron chi connectivity index (χ4n) is 4.18. The van der Waals surface area contributed by atoms with Gasteiger partial charge in [-0.3, -0.25) is 14.6 Å². The van der Waals surface area contributed by atoms with Crippen LogP contribution in [0.25, 0.3) is 10.9 Å². The summed E-state index contributed by atoms with van der Waals surface area (Å²) in [6.45, 7) is 2.06. The Labute approximate surface area is 180 Å². The van der Waals surface area contributed by atoms with Crippen LogP contribution in [0.5, 0.6) is 0 Å². The summed E-state index contributed by atoms with van der Waals surface area (Å²) in [6, 6.07) is 8.53. The van der Waals surface area contributed by atoms with E-state index >= 15 is 0 Å². The number of amides is 2. The molecule has 162 valence electrons. The summed E-state index contributed by atoms with van der Waals surface area (Å²) in [5, 5.41) is 21.3. The Balaban J connectivity index is 1.45. The fraction of sp³-hybridized carbons (Fsp3) is 0.455. The number of rotatable bonds is 8. The van der Waals surface area contributed by atoms with Gasteiger partial charge in [0.2, 0.25) is 5.91 Å². The Morgan fingerprint density at radius 3 is 2.97 bits per heavy atom. The molecule has 0 saturated heterocycles. The van der Waals surface area contributed by atoms with Crippen LogP contribution in [0.15, 0.2) is 36.5 Å². The number of unbranched alkanes of at least 4 members (excludes halogenated alkanes) is 1. The zero-order chi connectivity index (χ0) is 21.6. The zero-order valence-electron chi connectivity index (χ0n) is 17.5. The van der Waals surface area contributed by atoms with E-state index in [0.29, 0.717) is 17.8 Å². The first-order valence-electron chi connectivity index (χ1n) is 10.8. The normalized spacial score (nSPS) is 19.3. The Bertz CT molecular complexity index is 1040. The highest BCUT2D eigenvalue weighted by molar-refractivity contribution is 6.00. The second-order valence-corrected chi connectivity index (χ2v) is 8.00.